The Morgan fingerprint density at radius 1 is 1.38 bits per heavy atom. The Bertz CT molecular complexity index is 465. The molecule has 0 saturated heterocycles. The Labute approximate surface area is 104 Å². The first-order valence-corrected chi connectivity index (χ1v) is 6.87. The maximum atomic E-state index is 12.9. The lowest BCUT2D eigenvalue weighted by Crippen LogP contribution is -2.25. The van der Waals surface area contributed by atoms with Crippen LogP contribution < -0.4 is 4.72 Å². The molecule has 0 spiro atoms. The standard InChI is InChI=1S/C9H10Cl2FNO2S/c10-4-1-5-13-16(14,15)9-6-7(12)2-3-8(9)11/h2-3,6,13H,1,4-5H2. The van der Waals surface area contributed by atoms with Gasteiger partial charge >= 0.3 is 0 Å². The van der Waals surface area contributed by atoms with Crippen LogP contribution in [-0.2, 0) is 10.0 Å². The van der Waals surface area contributed by atoms with Gasteiger partial charge in [-0.05, 0) is 24.6 Å². The highest BCUT2D eigenvalue weighted by atomic mass is 35.5. The van der Waals surface area contributed by atoms with Gasteiger partial charge in [-0.1, -0.05) is 11.6 Å². The second kappa shape index (κ2) is 5.82. The largest absolute Gasteiger partial charge is 0.242 e. The van der Waals surface area contributed by atoms with E-state index < -0.39 is 15.8 Å². The Kier molecular flexibility index (Phi) is 4.98. The fourth-order valence-corrected chi connectivity index (χ4v) is 2.75. The van der Waals surface area contributed by atoms with E-state index in [9.17, 15) is 12.8 Å². The summed E-state index contributed by atoms with van der Waals surface area (Å²) in [4.78, 5) is -0.260. The second-order valence-corrected chi connectivity index (χ2v) is 5.54. The fraction of sp³-hybridized carbons (Fsp3) is 0.333. The van der Waals surface area contributed by atoms with Crippen LogP contribution in [0.2, 0.25) is 5.02 Å². The number of halogens is 3. The highest BCUT2D eigenvalue weighted by Gasteiger charge is 2.17. The molecule has 0 aliphatic carbocycles. The van der Waals surface area contributed by atoms with Gasteiger partial charge in [0.25, 0.3) is 0 Å². The van der Waals surface area contributed by atoms with E-state index in [1.165, 1.54) is 6.07 Å². The fourth-order valence-electron chi connectivity index (χ4n) is 1.03. The molecule has 0 atom stereocenters. The highest BCUT2D eigenvalue weighted by Crippen LogP contribution is 2.21. The molecule has 0 radical (unpaired) electrons. The van der Waals surface area contributed by atoms with Gasteiger partial charge in [0.15, 0.2) is 0 Å². The lowest BCUT2D eigenvalue weighted by atomic mass is 10.3. The molecule has 1 rings (SSSR count). The van der Waals surface area contributed by atoms with Crippen LogP contribution in [0.15, 0.2) is 23.1 Å². The smallest absolute Gasteiger partial charge is 0.211 e. The van der Waals surface area contributed by atoms with Crippen molar-refractivity contribution in [2.45, 2.75) is 11.3 Å². The number of hydrogen-bond donors (Lipinski definition) is 1. The second-order valence-electron chi connectivity index (χ2n) is 3.02. The highest BCUT2D eigenvalue weighted by molar-refractivity contribution is 7.89. The molecular weight excluding hydrogens is 276 g/mol. The molecule has 0 heterocycles. The molecule has 0 aliphatic heterocycles. The molecule has 1 aromatic carbocycles. The molecule has 3 nitrogen and oxygen atoms in total. The third kappa shape index (κ3) is 3.59. The van der Waals surface area contributed by atoms with Gasteiger partial charge in [0.1, 0.15) is 10.7 Å². The first kappa shape index (κ1) is 13.7. The van der Waals surface area contributed by atoms with E-state index in [-0.39, 0.29) is 16.5 Å². The summed E-state index contributed by atoms with van der Waals surface area (Å²) in [6.45, 7) is 0.193. The predicted molar refractivity (Wildman–Crippen MR) is 61.9 cm³/mol. The topological polar surface area (TPSA) is 46.2 Å². The van der Waals surface area contributed by atoms with Crippen molar-refractivity contribution in [1.29, 1.82) is 0 Å². The number of benzene rings is 1. The van der Waals surface area contributed by atoms with Crippen molar-refractivity contribution in [1.82, 2.24) is 4.72 Å². The van der Waals surface area contributed by atoms with Crippen molar-refractivity contribution >= 4 is 33.2 Å². The molecule has 0 bridgehead atoms. The summed E-state index contributed by atoms with van der Waals surface area (Å²) in [6.07, 6.45) is 0.494. The zero-order chi connectivity index (χ0) is 12.2. The van der Waals surface area contributed by atoms with Crippen LogP contribution in [0, 0.1) is 5.82 Å². The van der Waals surface area contributed by atoms with Gasteiger partial charge < -0.3 is 0 Å². The van der Waals surface area contributed by atoms with Crippen LogP contribution in [-0.4, -0.2) is 20.8 Å². The summed E-state index contributed by atoms with van der Waals surface area (Å²) in [5, 5.41) is -0.0141. The van der Waals surface area contributed by atoms with Gasteiger partial charge in [0, 0.05) is 12.4 Å². The quantitative estimate of drug-likeness (QED) is 0.667. The van der Waals surface area contributed by atoms with E-state index in [0.717, 1.165) is 12.1 Å². The summed E-state index contributed by atoms with van der Waals surface area (Å²) in [5.41, 5.74) is 0. The number of nitrogens with one attached hydrogen (secondary N) is 1. The Morgan fingerprint density at radius 3 is 2.69 bits per heavy atom. The van der Waals surface area contributed by atoms with E-state index in [2.05, 4.69) is 4.72 Å². The molecule has 0 unspecified atom stereocenters. The average molecular weight is 286 g/mol. The SMILES string of the molecule is O=S(=O)(NCCCCl)c1cc(F)ccc1Cl. The van der Waals surface area contributed by atoms with Crippen LogP contribution >= 0.6 is 23.2 Å². The minimum absolute atomic E-state index is 0.0141. The minimum Gasteiger partial charge on any atom is -0.211 e. The van der Waals surface area contributed by atoms with Crippen LogP contribution in [0.4, 0.5) is 4.39 Å². The van der Waals surface area contributed by atoms with Crippen molar-refractivity contribution < 1.29 is 12.8 Å². The van der Waals surface area contributed by atoms with Gasteiger partial charge in [-0.25, -0.2) is 17.5 Å². The number of sulfonamides is 1. The number of hydrogen-bond acceptors (Lipinski definition) is 2. The average Bonchev–Trinajstić information content (AvgIpc) is 2.22. The number of alkyl halides is 1. The maximum absolute atomic E-state index is 12.9. The third-order valence-electron chi connectivity index (χ3n) is 1.79. The van der Waals surface area contributed by atoms with Crippen LogP contribution in [0.3, 0.4) is 0 Å². The molecule has 0 aromatic heterocycles. The molecule has 0 fully saturated rings. The summed E-state index contributed by atoms with van der Waals surface area (Å²) in [7, 11) is -3.77. The van der Waals surface area contributed by atoms with Crippen molar-refractivity contribution in [3.05, 3.63) is 29.0 Å². The maximum Gasteiger partial charge on any atom is 0.242 e. The van der Waals surface area contributed by atoms with E-state index in [1.807, 2.05) is 0 Å². The van der Waals surface area contributed by atoms with Gasteiger partial charge in [-0.2, -0.15) is 0 Å². The van der Waals surface area contributed by atoms with Gasteiger partial charge in [0.05, 0.1) is 5.02 Å². The molecule has 1 aromatic rings. The summed E-state index contributed by atoms with van der Waals surface area (Å²) < 4.78 is 38.5. The monoisotopic (exact) mass is 285 g/mol. The van der Waals surface area contributed by atoms with Crippen molar-refractivity contribution in [2.24, 2.45) is 0 Å². The molecule has 90 valence electrons. The first-order valence-electron chi connectivity index (χ1n) is 4.48. The molecule has 7 heteroatoms. The summed E-state index contributed by atoms with van der Waals surface area (Å²) >= 11 is 11.1. The first-order chi connectivity index (χ1) is 7.47. The van der Waals surface area contributed by atoms with Crippen LogP contribution in [0.1, 0.15) is 6.42 Å². The van der Waals surface area contributed by atoms with Gasteiger partial charge in [0.2, 0.25) is 10.0 Å². The predicted octanol–water partition coefficient (Wildman–Crippen LogP) is 2.39. The Balaban J connectivity index is 2.93. The van der Waals surface area contributed by atoms with Crippen molar-refractivity contribution in [3.63, 3.8) is 0 Å². The molecular formula is C9H10Cl2FNO2S. The lowest BCUT2D eigenvalue weighted by molar-refractivity contribution is 0.577. The van der Waals surface area contributed by atoms with Gasteiger partial charge in [-0.15, -0.1) is 11.6 Å². The van der Waals surface area contributed by atoms with E-state index in [4.69, 9.17) is 23.2 Å². The third-order valence-corrected chi connectivity index (χ3v) is 4.00. The van der Waals surface area contributed by atoms with E-state index in [1.54, 1.807) is 0 Å². The molecule has 1 N–H and O–H groups in total. The van der Waals surface area contributed by atoms with E-state index in [0.29, 0.717) is 12.3 Å². The zero-order valence-electron chi connectivity index (χ0n) is 8.21. The normalized spacial score (nSPS) is 11.7. The number of rotatable bonds is 5. The van der Waals surface area contributed by atoms with Crippen LogP contribution in [0.25, 0.3) is 0 Å². The summed E-state index contributed by atoms with van der Waals surface area (Å²) in [5.74, 6) is -0.304. The van der Waals surface area contributed by atoms with Crippen molar-refractivity contribution in [2.75, 3.05) is 12.4 Å². The van der Waals surface area contributed by atoms with E-state index >= 15 is 0 Å². The molecule has 0 amide bonds. The molecule has 0 aliphatic rings. The minimum atomic E-state index is -3.77. The van der Waals surface area contributed by atoms with Crippen LogP contribution in [0.5, 0.6) is 0 Å². The Hall–Kier alpha value is -0.360. The lowest BCUT2D eigenvalue weighted by Gasteiger charge is -2.07. The van der Waals surface area contributed by atoms with Crippen molar-refractivity contribution in [3.8, 4) is 0 Å². The molecule has 0 saturated carbocycles. The zero-order valence-corrected chi connectivity index (χ0v) is 10.5. The molecule has 16 heavy (non-hydrogen) atoms. The summed E-state index contributed by atoms with van der Waals surface area (Å²) in [6, 6.07) is 3.18. The van der Waals surface area contributed by atoms with Gasteiger partial charge in [-0.3, -0.25) is 0 Å². The Morgan fingerprint density at radius 2 is 2.06 bits per heavy atom.